The second kappa shape index (κ2) is 7.29. The minimum atomic E-state index is -3.32. The van der Waals surface area contributed by atoms with Gasteiger partial charge in [-0.3, -0.25) is 5.10 Å². The van der Waals surface area contributed by atoms with Gasteiger partial charge in [0.05, 0.1) is 10.6 Å². The summed E-state index contributed by atoms with van der Waals surface area (Å²) in [5, 5.41) is 11.0. The smallest absolute Gasteiger partial charge is 0.181 e. The number of benzene rings is 2. The first-order chi connectivity index (χ1) is 13.8. The summed E-state index contributed by atoms with van der Waals surface area (Å²) in [5.74, 6) is -0.355. The van der Waals surface area contributed by atoms with Crippen LogP contribution in [0, 0.1) is 5.82 Å². The Balaban J connectivity index is 1.84. The van der Waals surface area contributed by atoms with Gasteiger partial charge in [0.1, 0.15) is 5.82 Å². The van der Waals surface area contributed by atoms with Gasteiger partial charge in [-0.15, -0.1) is 0 Å². The van der Waals surface area contributed by atoms with Crippen LogP contribution in [0.15, 0.2) is 59.6 Å². The summed E-state index contributed by atoms with van der Waals surface area (Å²) in [4.78, 5) is 4.61. The van der Waals surface area contributed by atoms with Crippen LogP contribution in [0.4, 0.5) is 10.1 Å². The molecule has 148 valence electrons. The molecule has 6 nitrogen and oxygen atoms in total. The molecule has 4 rings (SSSR count). The lowest BCUT2D eigenvalue weighted by atomic mass is 10.0. The number of aromatic nitrogens is 3. The van der Waals surface area contributed by atoms with Crippen LogP contribution in [-0.2, 0) is 9.84 Å². The molecule has 0 fully saturated rings. The summed E-state index contributed by atoms with van der Waals surface area (Å²) in [7, 11) is -3.32. The van der Waals surface area contributed by atoms with E-state index >= 15 is 0 Å². The fraction of sp³-hybridized carbons (Fsp3) is 0.143. The maximum absolute atomic E-state index is 14.1. The van der Waals surface area contributed by atoms with E-state index in [9.17, 15) is 12.8 Å². The SMILES string of the molecule is CCNc1cc(F)cc(-c2[nH]nc3ncc(-c4cccc(S(C)(=O)=O)c4)cc23)c1. The maximum atomic E-state index is 14.1. The third kappa shape index (κ3) is 3.84. The lowest BCUT2D eigenvalue weighted by Crippen LogP contribution is -1.97. The van der Waals surface area contributed by atoms with Crippen molar-refractivity contribution in [3.63, 3.8) is 0 Å². The van der Waals surface area contributed by atoms with E-state index < -0.39 is 9.84 Å². The van der Waals surface area contributed by atoms with Gasteiger partial charge in [-0.2, -0.15) is 5.10 Å². The number of H-pyrrole nitrogens is 1. The standard InChI is InChI=1S/C21H19FN4O2S/c1-3-23-17-8-14(7-16(22)11-17)20-19-10-15(12-24-21(19)26-25-20)13-5-4-6-18(9-13)29(2,27)28/h4-12,23H,3H2,1-2H3,(H,24,25,26). The molecule has 2 aromatic heterocycles. The van der Waals surface area contributed by atoms with Gasteiger partial charge in [0.25, 0.3) is 0 Å². The molecule has 0 radical (unpaired) electrons. The van der Waals surface area contributed by atoms with Crippen LogP contribution in [0.2, 0.25) is 0 Å². The first-order valence-corrected chi connectivity index (χ1v) is 10.9. The zero-order chi connectivity index (χ0) is 20.6. The predicted octanol–water partition coefficient (Wildman–Crippen LogP) is 4.27. The van der Waals surface area contributed by atoms with Gasteiger partial charge >= 0.3 is 0 Å². The second-order valence-corrected chi connectivity index (χ2v) is 8.77. The Kier molecular flexibility index (Phi) is 4.79. The fourth-order valence-electron chi connectivity index (χ4n) is 3.22. The Morgan fingerprint density at radius 3 is 2.66 bits per heavy atom. The van der Waals surface area contributed by atoms with Crippen molar-refractivity contribution in [2.24, 2.45) is 0 Å². The van der Waals surface area contributed by atoms with Crippen molar-refractivity contribution in [3.8, 4) is 22.4 Å². The molecule has 29 heavy (non-hydrogen) atoms. The molecule has 4 aromatic rings. The molecule has 2 aromatic carbocycles. The van der Waals surface area contributed by atoms with Gasteiger partial charge in [0.2, 0.25) is 0 Å². The maximum Gasteiger partial charge on any atom is 0.181 e. The molecular formula is C21H19FN4O2S. The Morgan fingerprint density at radius 1 is 1.07 bits per heavy atom. The normalized spacial score (nSPS) is 11.7. The summed E-state index contributed by atoms with van der Waals surface area (Å²) in [6.45, 7) is 2.62. The van der Waals surface area contributed by atoms with Gasteiger partial charge in [0, 0.05) is 41.2 Å². The Hall–Kier alpha value is -3.26. The monoisotopic (exact) mass is 410 g/mol. The highest BCUT2D eigenvalue weighted by Gasteiger charge is 2.14. The van der Waals surface area contributed by atoms with Gasteiger partial charge in [-0.25, -0.2) is 17.8 Å². The van der Waals surface area contributed by atoms with E-state index in [1.54, 1.807) is 24.4 Å². The molecule has 0 amide bonds. The minimum Gasteiger partial charge on any atom is -0.385 e. The summed E-state index contributed by atoms with van der Waals surface area (Å²) >= 11 is 0. The molecule has 8 heteroatoms. The molecule has 0 bridgehead atoms. The van der Waals surface area contributed by atoms with Gasteiger partial charge in [0.15, 0.2) is 15.5 Å². The highest BCUT2D eigenvalue weighted by molar-refractivity contribution is 7.90. The van der Waals surface area contributed by atoms with Crippen molar-refractivity contribution in [1.82, 2.24) is 15.2 Å². The van der Waals surface area contributed by atoms with Crippen LogP contribution < -0.4 is 5.32 Å². The van der Waals surface area contributed by atoms with E-state index in [0.29, 0.717) is 29.1 Å². The quantitative estimate of drug-likeness (QED) is 0.513. The highest BCUT2D eigenvalue weighted by atomic mass is 32.2. The molecule has 0 saturated heterocycles. The Labute approximate surface area is 167 Å². The predicted molar refractivity (Wildman–Crippen MR) is 112 cm³/mol. The number of fused-ring (bicyclic) bond motifs is 1. The number of halogens is 1. The molecular weight excluding hydrogens is 391 g/mol. The fourth-order valence-corrected chi connectivity index (χ4v) is 3.89. The molecule has 2 N–H and O–H groups in total. The number of nitrogens with zero attached hydrogens (tertiary/aromatic N) is 2. The van der Waals surface area contributed by atoms with Crippen LogP contribution in [0.1, 0.15) is 6.92 Å². The van der Waals surface area contributed by atoms with Gasteiger partial charge < -0.3 is 5.32 Å². The van der Waals surface area contributed by atoms with Crippen molar-refractivity contribution in [3.05, 3.63) is 60.5 Å². The number of sulfone groups is 1. The van der Waals surface area contributed by atoms with Crippen LogP contribution in [0.5, 0.6) is 0 Å². The van der Waals surface area contributed by atoms with Crippen LogP contribution in [0.3, 0.4) is 0 Å². The number of pyridine rings is 1. The minimum absolute atomic E-state index is 0.239. The van der Waals surface area contributed by atoms with E-state index in [-0.39, 0.29) is 10.7 Å². The third-order valence-corrected chi connectivity index (χ3v) is 5.68. The number of hydrogen-bond acceptors (Lipinski definition) is 5. The summed E-state index contributed by atoms with van der Waals surface area (Å²) < 4.78 is 37.8. The summed E-state index contributed by atoms with van der Waals surface area (Å²) in [5.41, 5.74) is 3.93. The van der Waals surface area contributed by atoms with E-state index in [4.69, 9.17) is 0 Å². The van der Waals surface area contributed by atoms with Crippen LogP contribution in [0.25, 0.3) is 33.4 Å². The number of aromatic amines is 1. The molecule has 0 unspecified atom stereocenters. The third-order valence-electron chi connectivity index (χ3n) is 4.57. The largest absolute Gasteiger partial charge is 0.385 e. The lowest BCUT2D eigenvalue weighted by Gasteiger charge is -2.07. The number of nitrogens with one attached hydrogen (secondary N) is 2. The Morgan fingerprint density at radius 2 is 1.90 bits per heavy atom. The summed E-state index contributed by atoms with van der Waals surface area (Å²) in [6.07, 6.45) is 2.82. The number of rotatable bonds is 5. The van der Waals surface area contributed by atoms with E-state index in [1.807, 2.05) is 25.1 Å². The average Bonchev–Trinajstić information content (AvgIpc) is 3.10. The van der Waals surface area contributed by atoms with Crippen molar-refractivity contribution in [1.29, 1.82) is 0 Å². The van der Waals surface area contributed by atoms with Crippen molar-refractivity contribution in [2.45, 2.75) is 11.8 Å². The molecule has 0 aliphatic heterocycles. The average molecular weight is 410 g/mol. The molecule has 0 spiro atoms. The van der Waals surface area contributed by atoms with Crippen LogP contribution in [-0.4, -0.2) is 36.4 Å². The first kappa shape index (κ1) is 19.1. The zero-order valence-corrected chi connectivity index (χ0v) is 16.7. The Bertz CT molecular complexity index is 1320. The molecule has 0 aliphatic carbocycles. The van der Waals surface area contributed by atoms with Gasteiger partial charge in [-0.1, -0.05) is 12.1 Å². The van der Waals surface area contributed by atoms with E-state index in [1.165, 1.54) is 18.4 Å². The number of anilines is 1. The zero-order valence-electron chi connectivity index (χ0n) is 15.9. The second-order valence-electron chi connectivity index (χ2n) is 6.75. The van der Waals surface area contributed by atoms with Crippen molar-refractivity contribution in [2.75, 3.05) is 18.1 Å². The van der Waals surface area contributed by atoms with Crippen molar-refractivity contribution >= 4 is 26.6 Å². The highest BCUT2D eigenvalue weighted by Crippen LogP contribution is 2.31. The van der Waals surface area contributed by atoms with Gasteiger partial charge in [-0.05, 0) is 48.9 Å². The molecule has 0 saturated carbocycles. The molecule has 0 atom stereocenters. The van der Waals surface area contributed by atoms with Crippen molar-refractivity contribution < 1.29 is 12.8 Å². The summed E-state index contributed by atoms with van der Waals surface area (Å²) in [6, 6.07) is 13.3. The topological polar surface area (TPSA) is 87.7 Å². The first-order valence-electron chi connectivity index (χ1n) is 9.04. The molecule has 0 aliphatic rings. The molecule has 2 heterocycles. The van der Waals surface area contributed by atoms with E-state index in [2.05, 4.69) is 20.5 Å². The van der Waals surface area contributed by atoms with Crippen LogP contribution >= 0.6 is 0 Å². The number of hydrogen-bond donors (Lipinski definition) is 2. The van der Waals surface area contributed by atoms with E-state index in [0.717, 1.165) is 16.5 Å². The lowest BCUT2D eigenvalue weighted by molar-refractivity contribution is 0.602.